The van der Waals surface area contributed by atoms with Crippen molar-refractivity contribution in [3.05, 3.63) is 77.9 Å². The number of para-hydroxylation sites is 1. The topological polar surface area (TPSA) is 134 Å². The van der Waals surface area contributed by atoms with Crippen LogP contribution >= 0.6 is 11.8 Å². The van der Waals surface area contributed by atoms with Crippen molar-refractivity contribution in [1.29, 1.82) is 5.26 Å². The number of aliphatic hydroxyl groups is 1. The third kappa shape index (κ3) is 4.62. The molecule has 45 heavy (non-hydrogen) atoms. The van der Waals surface area contributed by atoms with Crippen LogP contribution in [0.2, 0.25) is 0 Å². The Morgan fingerprint density at radius 1 is 1.11 bits per heavy atom. The number of nitriles is 1. The Labute approximate surface area is 264 Å². The fourth-order valence-corrected chi connectivity index (χ4v) is 9.35. The lowest BCUT2D eigenvalue weighted by Gasteiger charge is -2.62. The number of carbonyl (C=O) groups is 3. The van der Waals surface area contributed by atoms with Crippen LogP contribution < -0.4 is 0 Å². The summed E-state index contributed by atoms with van der Waals surface area (Å²) >= 11 is 1.32. The average Bonchev–Trinajstić information content (AvgIpc) is 3.30. The van der Waals surface area contributed by atoms with Gasteiger partial charge in [-0.25, -0.2) is 14.0 Å². The predicted molar refractivity (Wildman–Crippen MR) is 162 cm³/mol. The first-order chi connectivity index (χ1) is 21.4. The van der Waals surface area contributed by atoms with Crippen LogP contribution in [0.25, 0.3) is 0 Å². The van der Waals surface area contributed by atoms with Crippen LogP contribution in [-0.4, -0.2) is 51.9 Å². The Morgan fingerprint density at radius 2 is 1.84 bits per heavy atom. The number of ether oxygens (including phenoxy) is 2. The average molecular weight is 632 g/mol. The van der Waals surface area contributed by atoms with Crippen molar-refractivity contribution in [2.45, 2.75) is 73.1 Å². The molecule has 0 bridgehead atoms. The van der Waals surface area contributed by atoms with E-state index < -0.39 is 58.6 Å². The smallest absolute Gasteiger partial charge is 0.352 e. The Hall–Kier alpha value is -3.94. The minimum absolute atomic E-state index is 0.0401. The number of aromatic hydroxyl groups is 1. The number of aliphatic hydroxyl groups excluding tert-OH is 1. The van der Waals surface area contributed by atoms with Gasteiger partial charge in [0.05, 0.1) is 16.6 Å². The molecule has 0 aromatic heterocycles. The van der Waals surface area contributed by atoms with Gasteiger partial charge in [-0.2, -0.15) is 5.26 Å². The minimum Gasteiger partial charge on any atom is -0.507 e. The maximum atomic E-state index is 17.5. The largest absolute Gasteiger partial charge is 0.507 e. The van der Waals surface area contributed by atoms with E-state index in [-0.39, 0.29) is 29.9 Å². The minimum atomic E-state index is -2.12. The van der Waals surface area contributed by atoms with Crippen molar-refractivity contribution in [3.8, 4) is 11.8 Å². The molecular formula is C35H34FNO7S. The number of phenols is 1. The van der Waals surface area contributed by atoms with Crippen LogP contribution in [0.5, 0.6) is 5.75 Å². The van der Waals surface area contributed by atoms with Gasteiger partial charge in [0.1, 0.15) is 11.8 Å². The fraction of sp³-hybridized carbons (Fsp3) is 0.429. The molecule has 0 saturated heterocycles. The highest BCUT2D eigenvalue weighted by atomic mass is 32.2. The summed E-state index contributed by atoms with van der Waals surface area (Å²) in [5.74, 6) is -2.91. The first-order valence-corrected chi connectivity index (χ1v) is 15.9. The third-order valence-corrected chi connectivity index (χ3v) is 11.9. The number of ketones is 1. The molecule has 0 spiro atoms. The van der Waals surface area contributed by atoms with Crippen LogP contribution in [0.15, 0.2) is 82.1 Å². The number of phenolic OH excluding ortho intramolecular Hbond substituents is 1. The van der Waals surface area contributed by atoms with Crippen LogP contribution in [-0.2, 0) is 19.1 Å². The summed E-state index contributed by atoms with van der Waals surface area (Å²) in [4.78, 5) is 41.0. The Morgan fingerprint density at radius 3 is 2.56 bits per heavy atom. The third-order valence-electron chi connectivity index (χ3n) is 10.8. The predicted octanol–water partition coefficient (Wildman–Crippen LogP) is 5.88. The van der Waals surface area contributed by atoms with E-state index in [1.165, 1.54) is 23.9 Å². The van der Waals surface area contributed by atoms with E-state index in [4.69, 9.17) is 14.7 Å². The molecule has 0 radical (unpaired) electrons. The number of nitrogens with zero attached hydrogens (tertiary/aromatic N) is 1. The fourth-order valence-electron chi connectivity index (χ4n) is 8.50. The first kappa shape index (κ1) is 31.1. The maximum absolute atomic E-state index is 17.5. The summed E-state index contributed by atoms with van der Waals surface area (Å²) in [5.41, 5.74) is -5.58. The zero-order valence-electron chi connectivity index (χ0n) is 25.0. The number of hydrogen-bond donors (Lipinski definition) is 2. The van der Waals surface area contributed by atoms with Gasteiger partial charge in [0, 0.05) is 21.6 Å². The molecule has 2 N–H and O–H groups in total. The van der Waals surface area contributed by atoms with Crippen LogP contribution in [0.1, 0.15) is 56.3 Å². The summed E-state index contributed by atoms with van der Waals surface area (Å²) in [5, 5.41) is 30.9. The summed E-state index contributed by atoms with van der Waals surface area (Å²) in [6, 6.07) is 15.2. The molecular weight excluding hydrogens is 597 g/mol. The molecule has 1 unspecified atom stereocenters. The Balaban J connectivity index is 1.32. The van der Waals surface area contributed by atoms with Gasteiger partial charge in [0.25, 0.3) is 0 Å². The van der Waals surface area contributed by atoms with Gasteiger partial charge in [-0.3, -0.25) is 4.79 Å². The molecule has 6 rings (SSSR count). The number of alkyl halides is 1. The van der Waals surface area contributed by atoms with Crippen LogP contribution in [0.3, 0.4) is 0 Å². The molecule has 3 saturated carbocycles. The standard InChI is InChI=1S/C35H34FNO7S/c1-32-15-13-23(38)19-22(32)9-12-26-25-14-16-34(31(42)43-18-17-37,33(25,2)20-29(40)35(26,32)36)44-30(41)21-7-10-24(11-8-21)45-28-6-4-3-5-27(28)39/h3-8,10-11,13,15,19,25-26,29,39-40H,9,12,14,16,18,20H2,1-2H3/t25-,26-,29-,32-,33-,34+,35?/m0/s1. The zero-order chi connectivity index (χ0) is 32.2. The molecule has 4 aliphatic carbocycles. The number of fused-ring (bicyclic) bond motifs is 5. The van der Waals surface area contributed by atoms with Gasteiger partial charge in [0.15, 0.2) is 18.1 Å². The molecule has 8 nitrogen and oxygen atoms in total. The van der Waals surface area contributed by atoms with E-state index in [0.717, 1.165) is 4.90 Å². The highest BCUT2D eigenvalue weighted by molar-refractivity contribution is 7.99. The molecule has 4 aliphatic rings. The lowest BCUT2D eigenvalue weighted by atomic mass is 9.45. The lowest BCUT2D eigenvalue weighted by Crippen LogP contribution is -2.69. The first-order valence-electron chi connectivity index (χ1n) is 15.0. The number of halogens is 1. The maximum Gasteiger partial charge on any atom is 0.352 e. The van der Waals surface area contributed by atoms with E-state index in [1.54, 1.807) is 74.5 Å². The van der Waals surface area contributed by atoms with E-state index in [1.807, 2.05) is 0 Å². The van der Waals surface area contributed by atoms with Crippen molar-refractivity contribution < 1.29 is 38.5 Å². The van der Waals surface area contributed by atoms with Crippen LogP contribution in [0.4, 0.5) is 4.39 Å². The van der Waals surface area contributed by atoms with Gasteiger partial charge in [0.2, 0.25) is 5.60 Å². The highest BCUT2D eigenvalue weighted by Crippen LogP contribution is 2.70. The van der Waals surface area contributed by atoms with Crippen molar-refractivity contribution in [2.24, 2.45) is 22.7 Å². The number of carbonyl (C=O) groups excluding carboxylic acids is 3. The van der Waals surface area contributed by atoms with Gasteiger partial charge in [-0.1, -0.05) is 42.5 Å². The van der Waals surface area contributed by atoms with Crippen molar-refractivity contribution in [1.82, 2.24) is 0 Å². The molecule has 234 valence electrons. The van der Waals surface area contributed by atoms with Crippen LogP contribution in [0, 0.1) is 34.0 Å². The number of benzene rings is 2. The summed E-state index contributed by atoms with van der Waals surface area (Å²) < 4.78 is 29.0. The normalized spacial score (nSPS) is 34.9. The molecule has 2 aromatic rings. The van der Waals surface area contributed by atoms with E-state index in [0.29, 0.717) is 29.7 Å². The Bertz CT molecular complexity index is 1670. The van der Waals surface area contributed by atoms with Gasteiger partial charge in [-0.15, -0.1) is 0 Å². The zero-order valence-corrected chi connectivity index (χ0v) is 25.8. The molecule has 0 amide bonds. The highest BCUT2D eigenvalue weighted by Gasteiger charge is 2.76. The van der Waals surface area contributed by atoms with Crippen molar-refractivity contribution in [2.75, 3.05) is 6.61 Å². The van der Waals surface area contributed by atoms with E-state index >= 15 is 4.39 Å². The summed E-state index contributed by atoms with van der Waals surface area (Å²) in [6.45, 7) is 2.90. The number of allylic oxidation sites excluding steroid dienone is 4. The van der Waals surface area contributed by atoms with E-state index in [2.05, 4.69) is 0 Å². The SMILES string of the molecule is C[C@]12C=CC(=O)C=C1CC[C@H]1[C@@H]3CC[C@@](OC(=O)c4ccc(Sc5ccccc5O)cc4)(C(=O)OCC#N)[C@@]3(C)C[C@H](O)C12F. The van der Waals surface area contributed by atoms with Gasteiger partial charge < -0.3 is 19.7 Å². The second-order valence-corrected chi connectivity index (χ2v) is 14.0. The molecule has 10 heteroatoms. The van der Waals surface area contributed by atoms with Gasteiger partial charge in [-0.05, 0) is 93.5 Å². The molecule has 7 atom stereocenters. The second-order valence-electron chi connectivity index (χ2n) is 12.8. The number of rotatable bonds is 6. The summed E-state index contributed by atoms with van der Waals surface area (Å²) in [7, 11) is 0. The van der Waals surface area contributed by atoms with E-state index in [9.17, 15) is 24.6 Å². The second kappa shape index (κ2) is 11.1. The lowest BCUT2D eigenvalue weighted by molar-refractivity contribution is -0.224. The number of hydrogen-bond acceptors (Lipinski definition) is 9. The number of esters is 2. The molecule has 0 heterocycles. The van der Waals surface area contributed by atoms with Gasteiger partial charge >= 0.3 is 11.9 Å². The molecule has 2 aromatic carbocycles. The Kier molecular flexibility index (Phi) is 7.69. The monoisotopic (exact) mass is 631 g/mol. The molecule has 3 fully saturated rings. The molecule has 0 aliphatic heterocycles. The van der Waals surface area contributed by atoms with Crippen molar-refractivity contribution in [3.63, 3.8) is 0 Å². The summed E-state index contributed by atoms with van der Waals surface area (Å²) in [6.07, 6.45) is 3.82. The van der Waals surface area contributed by atoms with Crippen molar-refractivity contribution >= 4 is 29.5 Å². The quantitative estimate of drug-likeness (QED) is 0.375.